The number of nitrogens with zero attached hydrogens (tertiary/aromatic N) is 3. The van der Waals surface area contributed by atoms with Gasteiger partial charge in [-0.15, -0.1) is 0 Å². The zero-order valence-electron chi connectivity index (χ0n) is 20.4. The normalized spacial score (nSPS) is 14.8. The third-order valence-electron chi connectivity index (χ3n) is 6.32. The lowest BCUT2D eigenvalue weighted by Crippen LogP contribution is -2.43. The van der Waals surface area contributed by atoms with E-state index in [2.05, 4.69) is 5.16 Å². The van der Waals surface area contributed by atoms with Gasteiger partial charge in [0.05, 0.1) is 11.8 Å². The highest BCUT2D eigenvalue weighted by Gasteiger charge is 2.35. The Morgan fingerprint density at radius 2 is 1.61 bits per heavy atom. The van der Waals surface area contributed by atoms with Crippen LogP contribution in [0, 0.1) is 0 Å². The predicted octanol–water partition coefficient (Wildman–Crippen LogP) is 3.69. The number of amides is 1. The van der Waals surface area contributed by atoms with Gasteiger partial charge in [0.2, 0.25) is 11.5 Å². The van der Waals surface area contributed by atoms with Crippen LogP contribution in [-0.4, -0.2) is 45.3 Å². The van der Waals surface area contributed by atoms with Gasteiger partial charge in [-0.25, -0.2) is 4.79 Å². The second-order valence-electron chi connectivity index (χ2n) is 8.94. The van der Waals surface area contributed by atoms with E-state index in [1.165, 1.54) is 18.3 Å². The molecule has 0 spiro atoms. The molecule has 0 bridgehead atoms. The molecule has 5 rings (SSSR count). The summed E-state index contributed by atoms with van der Waals surface area (Å²) in [5.41, 5.74) is 2.36. The second kappa shape index (κ2) is 11.0. The number of aromatic nitrogens is 2. The minimum Gasteiger partial charge on any atom is -0.484 e. The molecular formula is C28H26N3O7+. The molecule has 0 radical (unpaired) electrons. The summed E-state index contributed by atoms with van der Waals surface area (Å²) in [6, 6.07) is 22.0. The molecule has 1 aliphatic heterocycles. The van der Waals surface area contributed by atoms with Crippen molar-refractivity contribution in [1.29, 1.82) is 0 Å². The highest BCUT2D eigenvalue weighted by atomic mass is 16.5. The van der Waals surface area contributed by atoms with Crippen LogP contribution in [0.4, 0.5) is 0 Å². The molecule has 1 fully saturated rings. The molecule has 4 aromatic rings. The number of benzene rings is 2. The van der Waals surface area contributed by atoms with Gasteiger partial charge < -0.3 is 24.0 Å². The van der Waals surface area contributed by atoms with Gasteiger partial charge in [-0.05, 0) is 17.5 Å². The van der Waals surface area contributed by atoms with E-state index in [1.54, 1.807) is 4.90 Å². The third-order valence-corrected chi connectivity index (χ3v) is 6.32. The summed E-state index contributed by atoms with van der Waals surface area (Å²) in [6.45, 7) is 1.21. The van der Waals surface area contributed by atoms with E-state index in [9.17, 15) is 14.8 Å². The maximum Gasteiger partial charge on any atom is 0.374 e. The smallest absolute Gasteiger partial charge is 0.374 e. The number of carbonyl (C=O) groups is 2. The number of hydrogen-bond donors (Lipinski definition) is 2. The lowest BCUT2D eigenvalue weighted by Gasteiger charge is -2.15. The number of pyridine rings is 1. The third kappa shape index (κ3) is 5.59. The van der Waals surface area contributed by atoms with E-state index in [0.717, 1.165) is 15.9 Å². The molecule has 2 aromatic carbocycles. The fourth-order valence-electron chi connectivity index (χ4n) is 4.29. The van der Waals surface area contributed by atoms with E-state index in [-0.39, 0.29) is 36.3 Å². The summed E-state index contributed by atoms with van der Waals surface area (Å²) in [7, 11) is 0. The topological polar surface area (TPSA) is 126 Å². The summed E-state index contributed by atoms with van der Waals surface area (Å²) in [4.78, 5) is 26.1. The fourth-order valence-corrected chi connectivity index (χ4v) is 4.29. The average molecular weight is 517 g/mol. The van der Waals surface area contributed by atoms with Crippen LogP contribution in [0.5, 0.6) is 11.5 Å². The molecule has 0 aliphatic carbocycles. The van der Waals surface area contributed by atoms with Crippen molar-refractivity contribution in [2.24, 2.45) is 0 Å². The largest absolute Gasteiger partial charge is 0.484 e. The number of carbonyl (C=O) groups excluding carboxylic acids is 1. The van der Waals surface area contributed by atoms with Crippen molar-refractivity contribution in [1.82, 2.24) is 10.1 Å². The van der Waals surface area contributed by atoms with Gasteiger partial charge in [-0.1, -0.05) is 65.8 Å². The number of aromatic carboxylic acids is 1. The van der Waals surface area contributed by atoms with E-state index < -0.39 is 11.9 Å². The number of ether oxygens (including phenoxy) is 2. The first-order chi connectivity index (χ1) is 18.5. The van der Waals surface area contributed by atoms with Crippen molar-refractivity contribution >= 4 is 11.9 Å². The Balaban J connectivity index is 1.36. The first-order valence-corrected chi connectivity index (χ1v) is 12.1. The van der Waals surface area contributed by atoms with Crippen LogP contribution in [0.3, 0.4) is 0 Å². The zero-order valence-corrected chi connectivity index (χ0v) is 20.4. The average Bonchev–Trinajstić information content (AvgIpc) is 3.63. The van der Waals surface area contributed by atoms with Gasteiger partial charge in [0.25, 0.3) is 6.20 Å². The van der Waals surface area contributed by atoms with Gasteiger partial charge in [-0.2, -0.15) is 0 Å². The molecule has 38 heavy (non-hydrogen) atoms. The van der Waals surface area contributed by atoms with Crippen molar-refractivity contribution in [3.63, 3.8) is 0 Å². The molecule has 1 aliphatic rings. The van der Waals surface area contributed by atoms with Crippen LogP contribution >= 0.6 is 0 Å². The molecule has 1 amide bonds. The number of carboxylic acid groups (broad SMARTS) is 1. The minimum atomic E-state index is -1.20. The Kier molecular flexibility index (Phi) is 7.21. The fraction of sp³-hybridized carbons (Fsp3) is 0.214. The van der Waals surface area contributed by atoms with Crippen LogP contribution in [0.25, 0.3) is 0 Å². The van der Waals surface area contributed by atoms with E-state index in [4.69, 9.17) is 19.1 Å². The Morgan fingerprint density at radius 1 is 0.974 bits per heavy atom. The summed E-state index contributed by atoms with van der Waals surface area (Å²) in [6.07, 6.45) is 1.90. The Hall–Kier alpha value is -4.86. The van der Waals surface area contributed by atoms with E-state index >= 15 is 0 Å². The number of rotatable bonds is 9. The number of likely N-dealkylation sites (tertiary alicyclic amines) is 1. The second-order valence-corrected chi connectivity index (χ2v) is 8.94. The standard InChI is InChI=1S/C28H25N3O7/c32-27(30-12-11-21(15-30)22-13-25(28(33)34)38-29-22)23-14-24(36-17-19-7-3-1-4-8-19)26(16-31(23)35)37-18-20-9-5-2-6-10-20/h1-10,13-14,16,21H,11-12,15,17-18H2,(H-,32,33,34,35)/p+1/t21-/m0/s1. The van der Waals surface area contributed by atoms with Crippen LogP contribution in [0.15, 0.2) is 83.5 Å². The lowest BCUT2D eigenvalue weighted by molar-refractivity contribution is -0.906. The maximum absolute atomic E-state index is 13.4. The lowest BCUT2D eigenvalue weighted by atomic mass is 10.1. The zero-order chi connectivity index (χ0) is 26.5. The van der Waals surface area contributed by atoms with Crippen LogP contribution in [0.2, 0.25) is 0 Å². The van der Waals surface area contributed by atoms with Crippen molar-refractivity contribution < 1.29 is 38.6 Å². The molecule has 10 heteroatoms. The molecule has 0 unspecified atom stereocenters. The molecule has 2 aromatic heterocycles. The highest BCUT2D eigenvalue weighted by Crippen LogP contribution is 2.31. The van der Waals surface area contributed by atoms with Gasteiger partial charge in [0.15, 0.2) is 5.75 Å². The summed E-state index contributed by atoms with van der Waals surface area (Å²) in [5, 5.41) is 23.6. The Morgan fingerprint density at radius 3 is 2.21 bits per heavy atom. The molecule has 2 N–H and O–H groups in total. The van der Waals surface area contributed by atoms with Gasteiger partial charge >= 0.3 is 17.6 Å². The summed E-state index contributed by atoms with van der Waals surface area (Å²) in [5.74, 6) is -1.43. The number of carboxylic acids is 1. The van der Waals surface area contributed by atoms with E-state index in [0.29, 0.717) is 31.0 Å². The van der Waals surface area contributed by atoms with Crippen LogP contribution in [-0.2, 0) is 13.2 Å². The van der Waals surface area contributed by atoms with Crippen molar-refractivity contribution in [3.05, 3.63) is 107 Å². The van der Waals surface area contributed by atoms with Gasteiger partial charge in [0.1, 0.15) is 13.2 Å². The van der Waals surface area contributed by atoms with Crippen LogP contribution < -0.4 is 14.2 Å². The highest BCUT2D eigenvalue weighted by molar-refractivity contribution is 5.91. The summed E-state index contributed by atoms with van der Waals surface area (Å²) < 4.78 is 17.6. The summed E-state index contributed by atoms with van der Waals surface area (Å²) >= 11 is 0. The van der Waals surface area contributed by atoms with Gasteiger partial charge in [-0.3, -0.25) is 10.0 Å². The quantitative estimate of drug-likeness (QED) is 0.255. The first kappa shape index (κ1) is 24.8. The predicted molar refractivity (Wildman–Crippen MR) is 132 cm³/mol. The maximum atomic E-state index is 13.4. The molecule has 10 nitrogen and oxygen atoms in total. The number of hydrogen-bond acceptors (Lipinski definition) is 7. The Bertz CT molecular complexity index is 1420. The molecule has 194 valence electrons. The monoisotopic (exact) mass is 516 g/mol. The van der Waals surface area contributed by atoms with Gasteiger partial charge in [0, 0.05) is 29.8 Å². The van der Waals surface area contributed by atoms with E-state index in [1.807, 2.05) is 60.7 Å². The Labute approximate surface area is 218 Å². The van der Waals surface area contributed by atoms with Crippen molar-refractivity contribution in [3.8, 4) is 11.5 Å². The molecule has 1 saturated heterocycles. The molecule has 1 atom stereocenters. The first-order valence-electron chi connectivity index (χ1n) is 12.1. The van der Waals surface area contributed by atoms with Crippen LogP contribution in [0.1, 0.15) is 50.2 Å². The van der Waals surface area contributed by atoms with Crippen molar-refractivity contribution in [2.45, 2.75) is 25.6 Å². The molecule has 3 heterocycles. The minimum absolute atomic E-state index is 0.00662. The molecular weight excluding hydrogens is 490 g/mol. The molecule has 0 saturated carbocycles. The SMILES string of the molecule is O=C(O)c1cc([C@H]2CCN(C(=O)c3cc(OCc4ccccc4)c(OCc4ccccc4)c[n+]3O)C2)no1. The van der Waals surface area contributed by atoms with Crippen molar-refractivity contribution in [2.75, 3.05) is 13.1 Å².